The first kappa shape index (κ1) is 14.8. The van der Waals surface area contributed by atoms with Crippen molar-refractivity contribution in [2.45, 2.75) is 50.8 Å². The van der Waals surface area contributed by atoms with Gasteiger partial charge in [0.2, 0.25) is 0 Å². The van der Waals surface area contributed by atoms with E-state index in [9.17, 15) is 0 Å². The zero-order chi connectivity index (χ0) is 14.5. The van der Waals surface area contributed by atoms with Crippen LogP contribution in [0.15, 0.2) is 0 Å². The van der Waals surface area contributed by atoms with Gasteiger partial charge in [-0.3, -0.25) is 0 Å². The number of hydrogen-bond acceptors (Lipinski definition) is 4. The zero-order valence-electron chi connectivity index (χ0n) is 13.6. The molecule has 0 amide bonds. The van der Waals surface area contributed by atoms with Crippen molar-refractivity contribution in [3.05, 3.63) is 0 Å². The van der Waals surface area contributed by atoms with Gasteiger partial charge in [-0.15, -0.1) is 0 Å². The fourth-order valence-corrected chi connectivity index (χ4v) is 4.77. The number of ether oxygens (including phenoxy) is 1. The maximum atomic E-state index is 6.87. The monoisotopic (exact) mass is 281 g/mol. The molecule has 0 radical (unpaired) electrons. The number of likely N-dealkylation sites (tertiary alicyclic amines) is 1. The highest BCUT2D eigenvalue weighted by atomic mass is 16.5. The Morgan fingerprint density at radius 2 is 1.90 bits per heavy atom. The first-order valence-electron chi connectivity index (χ1n) is 8.15. The normalized spacial score (nSPS) is 41.7. The van der Waals surface area contributed by atoms with Crippen molar-refractivity contribution in [3.8, 4) is 0 Å². The average molecular weight is 281 g/mol. The van der Waals surface area contributed by atoms with Crippen LogP contribution < -0.4 is 5.73 Å². The van der Waals surface area contributed by atoms with E-state index in [-0.39, 0.29) is 11.0 Å². The van der Waals surface area contributed by atoms with E-state index in [2.05, 4.69) is 37.7 Å². The van der Waals surface area contributed by atoms with Gasteiger partial charge in [-0.05, 0) is 46.4 Å². The lowest BCUT2D eigenvalue weighted by molar-refractivity contribution is -0.164. The summed E-state index contributed by atoms with van der Waals surface area (Å²) in [5.41, 5.74) is 6.90. The summed E-state index contributed by atoms with van der Waals surface area (Å²) in [6, 6.07) is 0.698. The predicted molar refractivity (Wildman–Crippen MR) is 81.7 cm³/mol. The minimum atomic E-state index is -0.0771. The Morgan fingerprint density at radius 3 is 2.55 bits per heavy atom. The molecular formula is C16H31N3O. The molecule has 0 aromatic rings. The van der Waals surface area contributed by atoms with Crippen LogP contribution in [0.1, 0.15) is 33.1 Å². The smallest absolute Gasteiger partial charge is 0.0691 e. The third kappa shape index (κ3) is 2.04. The molecule has 3 aliphatic rings. The summed E-state index contributed by atoms with van der Waals surface area (Å²) in [6.07, 6.45) is 4.08. The quantitative estimate of drug-likeness (QED) is 0.843. The molecule has 3 fully saturated rings. The minimum absolute atomic E-state index is 0.0771. The van der Waals surface area contributed by atoms with Gasteiger partial charge >= 0.3 is 0 Å². The maximum Gasteiger partial charge on any atom is 0.0691 e. The van der Waals surface area contributed by atoms with Crippen LogP contribution >= 0.6 is 0 Å². The van der Waals surface area contributed by atoms with Crippen molar-refractivity contribution >= 4 is 0 Å². The summed E-state index contributed by atoms with van der Waals surface area (Å²) in [6.45, 7) is 8.93. The average Bonchev–Trinajstić information content (AvgIpc) is 2.87. The van der Waals surface area contributed by atoms with E-state index < -0.39 is 0 Å². The van der Waals surface area contributed by atoms with E-state index in [4.69, 9.17) is 10.5 Å². The molecule has 2 N–H and O–H groups in total. The van der Waals surface area contributed by atoms with E-state index in [0.29, 0.717) is 18.1 Å². The largest absolute Gasteiger partial charge is 0.377 e. The second-order valence-electron chi connectivity index (χ2n) is 7.90. The van der Waals surface area contributed by atoms with Crippen molar-refractivity contribution < 1.29 is 4.74 Å². The van der Waals surface area contributed by atoms with E-state index in [1.54, 1.807) is 0 Å². The molecule has 0 aromatic heterocycles. The molecule has 0 aromatic carbocycles. The lowest BCUT2D eigenvalue weighted by Gasteiger charge is -2.63. The number of piperidine rings is 1. The van der Waals surface area contributed by atoms with Crippen molar-refractivity contribution in [2.24, 2.45) is 17.1 Å². The van der Waals surface area contributed by atoms with Crippen LogP contribution in [-0.4, -0.2) is 67.8 Å². The standard InChI is InChI=1S/C16H31N3O/c1-15(2)14-13(7-10-20-14)16(15,17)11-19(4)12-5-8-18(3)9-6-12/h12-14H,5-11,17H2,1-4H3. The minimum Gasteiger partial charge on any atom is -0.377 e. The topological polar surface area (TPSA) is 41.7 Å². The molecule has 4 nitrogen and oxygen atoms in total. The van der Waals surface area contributed by atoms with Gasteiger partial charge in [0.1, 0.15) is 0 Å². The molecule has 1 saturated carbocycles. The summed E-state index contributed by atoms with van der Waals surface area (Å²) in [5, 5.41) is 0. The van der Waals surface area contributed by atoms with Gasteiger partial charge in [0, 0.05) is 36.1 Å². The van der Waals surface area contributed by atoms with Gasteiger partial charge < -0.3 is 20.3 Å². The summed E-state index contributed by atoms with van der Waals surface area (Å²) < 4.78 is 5.90. The van der Waals surface area contributed by atoms with Gasteiger partial charge in [0.25, 0.3) is 0 Å². The number of likely N-dealkylation sites (N-methyl/N-ethyl adjacent to an activating group) is 1. The second kappa shape index (κ2) is 4.94. The van der Waals surface area contributed by atoms with Crippen LogP contribution in [0.2, 0.25) is 0 Å². The molecule has 4 heteroatoms. The van der Waals surface area contributed by atoms with Crippen LogP contribution in [0.4, 0.5) is 0 Å². The van der Waals surface area contributed by atoms with Crippen molar-refractivity contribution in [3.63, 3.8) is 0 Å². The fourth-order valence-electron chi connectivity index (χ4n) is 4.77. The highest BCUT2D eigenvalue weighted by Gasteiger charge is 2.67. The molecule has 1 aliphatic carbocycles. The Kier molecular flexibility index (Phi) is 3.65. The lowest BCUT2D eigenvalue weighted by Crippen LogP contribution is -2.78. The molecule has 20 heavy (non-hydrogen) atoms. The van der Waals surface area contributed by atoms with Gasteiger partial charge in [-0.1, -0.05) is 13.8 Å². The first-order valence-corrected chi connectivity index (χ1v) is 8.15. The second-order valence-corrected chi connectivity index (χ2v) is 7.90. The molecule has 3 atom stereocenters. The van der Waals surface area contributed by atoms with Crippen LogP contribution in [0, 0.1) is 11.3 Å². The Hall–Kier alpha value is -0.160. The van der Waals surface area contributed by atoms with Crippen LogP contribution in [0.25, 0.3) is 0 Å². The Labute approximate surface area is 123 Å². The Morgan fingerprint density at radius 1 is 1.25 bits per heavy atom. The molecule has 116 valence electrons. The first-order chi connectivity index (χ1) is 9.36. The van der Waals surface area contributed by atoms with Crippen LogP contribution in [0.3, 0.4) is 0 Å². The summed E-state index contributed by atoms with van der Waals surface area (Å²) in [5.74, 6) is 0.561. The molecule has 2 aliphatic heterocycles. The van der Waals surface area contributed by atoms with Gasteiger partial charge in [0.05, 0.1) is 6.10 Å². The summed E-state index contributed by atoms with van der Waals surface area (Å²) in [4.78, 5) is 4.96. The van der Waals surface area contributed by atoms with Gasteiger partial charge in [-0.25, -0.2) is 0 Å². The van der Waals surface area contributed by atoms with Crippen molar-refractivity contribution in [2.75, 3.05) is 40.3 Å². The molecule has 2 saturated heterocycles. The molecule has 2 heterocycles. The number of fused-ring (bicyclic) bond motifs is 1. The fraction of sp³-hybridized carbons (Fsp3) is 1.00. The highest BCUT2D eigenvalue weighted by Crippen LogP contribution is 2.58. The molecule has 3 rings (SSSR count). The maximum absolute atomic E-state index is 6.87. The lowest BCUT2D eigenvalue weighted by atomic mass is 9.48. The molecule has 3 unspecified atom stereocenters. The number of rotatable bonds is 3. The molecular weight excluding hydrogens is 250 g/mol. The van der Waals surface area contributed by atoms with Gasteiger partial charge in [-0.2, -0.15) is 0 Å². The SMILES string of the molecule is CN1CCC(N(C)CC2(N)C3CCOC3C2(C)C)CC1. The highest BCUT2D eigenvalue weighted by molar-refractivity contribution is 5.21. The van der Waals surface area contributed by atoms with E-state index >= 15 is 0 Å². The van der Waals surface area contributed by atoms with Crippen LogP contribution in [0.5, 0.6) is 0 Å². The zero-order valence-corrected chi connectivity index (χ0v) is 13.6. The van der Waals surface area contributed by atoms with Crippen molar-refractivity contribution in [1.29, 1.82) is 0 Å². The third-order valence-electron chi connectivity index (χ3n) is 6.49. The van der Waals surface area contributed by atoms with E-state index in [1.807, 2.05) is 0 Å². The van der Waals surface area contributed by atoms with E-state index in [1.165, 1.54) is 25.9 Å². The predicted octanol–water partition coefficient (Wildman–Crippen LogP) is 1.15. The number of nitrogens with two attached hydrogens (primary N) is 1. The molecule has 0 spiro atoms. The Bertz CT molecular complexity index is 365. The van der Waals surface area contributed by atoms with Crippen molar-refractivity contribution in [1.82, 2.24) is 9.80 Å². The summed E-state index contributed by atoms with van der Waals surface area (Å²) >= 11 is 0. The van der Waals surface area contributed by atoms with Gasteiger partial charge in [0.15, 0.2) is 0 Å². The Balaban J connectivity index is 1.64. The number of hydrogen-bond donors (Lipinski definition) is 1. The van der Waals surface area contributed by atoms with E-state index in [0.717, 1.165) is 19.6 Å². The van der Waals surface area contributed by atoms with Crippen LogP contribution in [-0.2, 0) is 4.74 Å². The third-order valence-corrected chi connectivity index (χ3v) is 6.49. The summed E-state index contributed by atoms with van der Waals surface area (Å²) in [7, 11) is 4.49. The molecule has 0 bridgehead atoms. The number of nitrogens with zero attached hydrogens (tertiary/aromatic N) is 2.